The number of ketones is 2. The van der Waals surface area contributed by atoms with Crippen LogP contribution in [0.2, 0.25) is 0 Å². The van der Waals surface area contributed by atoms with Crippen LogP contribution < -0.4 is 0 Å². The number of carbonyl (C=O) groups is 4. The van der Waals surface area contributed by atoms with Gasteiger partial charge in [0.15, 0.2) is 11.6 Å². The van der Waals surface area contributed by atoms with Crippen molar-refractivity contribution in [1.82, 2.24) is 9.80 Å². The first kappa shape index (κ1) is 36.4. The molecular weight excluding hydrogens is 536 g/mol. The number of allylic oxidation sites excluding steroid dienone is 2. The highest BCUT2D eigenvalue weighted by Gasteiger charge is 2.28. The Kier molecular flexibility index (Phi) is 18.3. The Balaban J connectivity index is 2.54. The van der Waals surface area contributed by atoms with Gasteiger partial charge in [0.25, 0.3) is 0 Å². The van der Waals surface area contributed by atoms with Crippen molar-refractivity contribution in [3.63, 3.8) is 0 Å². The number of unbranched alkanes of at least 4 members (excludes halogenated alkanes) is 2. The van der Waals surface area contributed by atoms with Crippen molar-refractivity contribution in [2.75, 3.05) is 39.4 Å². The maximum atomic E-state index is 12.5. The summed E-state index contributed by atoms with van der Waals surface area (Å²) in [5.41, 5.74) is 0. The highest BCUT2D eigenvalue weighted by molar-refractivity contribution is 6.07. The summed E-state index contributed by atoms with van der Waals surface area (Å²) in [7, 11) is 0. The summed E-state index contributed by atoms with van der Waals surface area (Å²) >= 11 is 0. The zero-order valence-electron chi connectivity index (χ0n) is 25.8. The second-order valence-electron chi connectivity index (χ2n) is 10.7. The molecule has 1 heterocycles. The van der Waals surface area contributed by atoms with Crippen molar-refractivity contribution >= 4 is 23.5 Å². The number of rotatable bonds is 20. The number of esters is 2. The molecule has 1 aliphatic heterocycles. The lowest BCUT2D eigenvalue weighted by atomic mass is 10.0. The third-order valence-corrected chi connectivity index (χ3v) is 7.56. The van der Waals surface area contributed by atoms with E-state index in [1.54, 1.807) is 24.5 Å². The van der Waals surface area contributed by atoms with Gasteiger partial charge in [-0.25, -0.2) is 0 Å². The molecule has 1 rings (SSSR count). The molecule has 42 heavy (non-hydrogen) atoms. The van der Waals surface area contributed by atoms with Gasteiger partial charge in [0, 0.05) is 38.6 Å². The van der Waals surface area contributed by atoms with E-state index in [4.69, 9.17) is 9.47 Å². The van der Waals surface area contributed by atoms with Crippen LogP contribution in [0.15, 0.2) is 24.6 Å². The Bertz CT molecular complexity index is 923. The van der Waals surface area contributed by atoms with Gasteiger partial charge in [-0.3, -0.25) is 19.2 Å². The summed E-state index contributed by atoms with van der Waals surface area (Å²) in [6.07, 6.45) is 13.3. The van der Waals surface area contributed by atoms with Crippen LogP contribution in [0.1, 0.15) is 79.1 Å². The lowest BCUT2D eigenvalue weighted by Crippen LogP contribution is -2.41. The minimum absolute atomic E-state index is 0.206. The van der Waals surface area contributed by atoms with Gasteiger partial charge in [0.1, 0.15) is 0 Å². The van der Waals surface area contributed by atoms with Gasteiger partial charge in [-0.2, -0.15) is 10.5 Å². The Morgan fingerprint density at radius 3 is 1.33 bits per heavy atom. The fourth-order valence-electron chi connectivity index (χ4n) is 4.41. The molecule has 1 fully saturated rings. The van der Waals surface area contributed by atoms with E-state index in [9.17, 15) is 29.7 Å². The molecule has 0 spiro atoms. The number of ether oxygens (including phenoxy) is 2. The van der Waals surface area contributed by atoms with E-state index in [0.717, 1.165) is 51.4 Å². The summed E-state index contributed by atoms with van der Waals surface area (Å²) in [6, 6.07) is 3.51. The van der Waals surface area contributed by atoms with E-state index in [-0.39, 0.29) is 25.0 Å². The van der Waals surface area contributed by atoms with Crippen LogP contribution in [-0.4, -0.2) is 72.7 Å². The molecule has 4 atom stereocenters. The van der Waals surface area contributed by atoms with Crippen LogP contribution in [0.25, 0.3) is 0 Å². The minimum atomic E-state index is -1.50. The average molecular weight is 585 g/mol. The molecule has 0 radical (unpaired) electrons. The first-order valence-electron chi connectivity index (χ1n) is 15.3. The fraction of sp³-hybridized carbons (Fsp3) is 0.688. The number of nitrogens with zero attached hydrogens (tertiary/aromatic N) is 4. The van der Waals surface area contributed by atoms with Crippen molar-refractivity contribution in [3.8, 4) is 12.1 Å². The van der Waals surface area contributed by atoms with Crippen molar-refractivity contribution in [3.05, 3.63) is 24.6 Å². The van der Waals surface area contributed by atoms with E-state index in [1.807, 2.05) is 23.6 Å². The van der Waals surface area contributed by atoms with Crippen LogP contribution in [0, 0.1) is 46.3 Å². The molecular formula is C32H48N4O6. The minimum Gasteiger partial charge on any atom is -0.464 e. The zero-order chi connectivity index (χ0) is 31.3. The van der Waals surface area contributed by atoms with Gasteiger partial charge in [-0.05, 0) is 36.8 Å². The highest BCUT2D eigenvalue weighted by atomic mass is 16.5. The van der Waals surface area contributed by atoms with E-state index >= 15 is 0 Å². The normalized spacial score (nSPS) is 16.3. The van der Waals surface area contributed by atoms with Crippen LogP contribution in [-0.2, 0) is 28.7 Å². The van der Waals surface area contributed by atoms with Gasteiger partial charge in [-0.15, -0.1) is 0 Å². The summed E-state index contributed by atoms with van der Waals surface area (Å²) < 4.78 is 10.6. The molecule has 0 aliphatic carbocycles. The van der Waals surface area contributed by atoms with Crippen molar-refractivity contribution in [2.45, 2.75) is 79.1 Å². The summed E-state index contributed by atoms with van der Waals surface area (Å²) in [5.74, 6) is -5.44. The maximum Gasteiger partial charge on any atom is 0.331 e. The molecule has 4 unspecified atom stereocenters. The molecule has 232 valence electrons. The van der Waals surface area contributed by atoms with Gasteiger partial charge >= 0.3 is 11.9 Å². The number of nitriles is 2. The molecule has 0 aromatic carbocycles. The summed E-state index contributed by atoms with van der Waals surface area (Å²) in [6.45, 7) is 10.8. The second-order valence-corrected chi connectivity index (χ2v) is 10.7. The molecule has 1 saturated heterocycles. The Morgan fingerprint density at radius 2 is 1.05 bits per heavy atom. The van der Waals surface area contributed by atoms with Gasteiger partial charge in [0.05, 0.1) is 25.4 Å². The van der Waals surface area contributed by atoms with Crippen molar-refractivity contribution in [2.24, 2.45) is 23.7 Å². The molecule has 0 aromatic heterocycles. The lowest BCUT2D eigenvalue weighted by Gasteiger charge is -2.33. The van der Waals surface area contributed by atoms with Crippen LogP contribution in [0.5, 0.6) is 0 Å². The predicted octanol–water partition coefficient (Wildman–Crippen LogP) is 4.57. The first-order valence-corrected chi connectivity index (χ1v) is 15.3. The number of hydrogen-bond acceptors (Lipinski definition) is 10. The number of hydrogen-bond donors (Lipinski definition) is 0. The third kappa shape index (κ3) is 13.3. The predicted molar refractivity (Wildman–Crippen MR) is 158 cm³/mol. The SMILES string of the molecule is CCCCC(CC)COC(=O)C(C#N)C(=O)C=CN1CCN(C=CC(=O)C(C#N)C(=O)OCC(CC)CCCC)CC1. The largest absolute Gasteiger partial charge is 0.464 e. The topological polar surface area (TPSA) is 141 Å². The fourth-order valence-corrected chi connectivity index (χ4v) is 4.41. The molecule has 1 aliphatic rings. The Morgan fingerprint density at radius 1 is 0.690 bits per heavy atom. The summed E-state index contributed by atoms with van der Waals surface area (Å²) in [4.78, 5) is 53.5. The second kappa shape index (κ2) is 21.1. The van der Waals surface area contributed by atoms with Crippen LogP contribution >= 0.6 is 0 Å². The number of carbonyl (C=O) groups excluding carboxylic acids is 4. The molecule has 10 nitrogen and oxygen atoms in total. The quantitative estimate of drug-likeness (QED) is 0.113. The van der Waals surface area contributed by atoms with Gasteiger partial charge in [-0.1, -0.05) is 66.2 Å². The first-order chi connectivity index (χ1) is 20.2. The smallest absolute Gasteiger partial charge is 0.331 e. The van der Waals surface area contributed by atoms with Crippen molar-refractivity contribution in [1.29, 1.82) is 10.5 Å². The number of piperazine rings is 1. The third-order valence-electron chi connectivity index (χ3n) is 7.56. The lowest BCUT2D eigenvalue weighted by molar-refractivity contribution is -0.151. The maximum absolute atomic E-state index is 12.5. The van der Waals surface area contributed by atoms with E-state index in [0.29, 0.717) is 26.2 Å². The van der Waals surface area contributed by atoms with Crippen LogP contribution in [0.4, 0.5) is 0 Å². The van der Waals surface area contributed by atoms with E-state index < -0.39 is 35.3 Å². The molecule has 0 bridgehead atoms. The van der Waals surface area contributed by atoms with E-state index in [2.05, 4.69) is 13.8 Å². The van der Waals surface area contributed by atoms with E-state index in [1.165, 1.54) is 12.2 Å². The molecule has 0 aromatic rings. The average Bonchev–Trinajstić information content (AvgIpc) is 3.00. The van der Waals surface area contributed by atoms with Gasteiger partial charge < -0.3 is 19.3 Å². The summed E-state index contributed by atoms with van der Waals surface area (Å²) in [5, 5.41) is 18.8. The highest BCUT2D eigenvalue weighted by Crippen LogP contribution is 2.16. The van der Waals surface area contributed by atoms with Crippen molar-refractivity contribution < 1.29 is 28.7 Å². The molecule has 0 saturated carbocycles. The molecule has 10 heteroatoms. The molecule has 0 N–H and O–H groups in total. The monoisotopic (exact) mass is 584 g/mol. The Hall–Kier alpha value is -3.66. The zero-order valence-corrected chi connectivity index (χ0v) is 25.8. The van der Waals surface area contributed by atoms with Crippen LogP contribution in [0.3, 0.4) is 0 Å². The molecule has 0 amide bonds. The van der Waals surface area contributed by atoms with Gasteiger partial charge in [0.2, 0.25) is 11.8 Å². The standard InChI is InChI=1S/C32H48N4O6/c1-5-9-11-25(7-3)23-41-31(39)27(21-33)29(37)13-15-35-17-19-36(20-18-35)16-14-30(38)28(22-34)32(40)42-24-26(8-4)12-10-6-2/h13-16,25-28H,5-12,17-20,23-24H2,1-4H3. The Labute approximate surface area is 251 Å².